The van der Waals surface area contributed by atoms with E-state index < -0.39 is 0 Å². The van der Waals surface area contributed by atoms with Crippen molar-refractivity contribution in [1.29, 1.82) is 0 Å². The number of benzene rings is 1. The molecular weight excluding hydrogens is 224 g/mol. The van der Waals surface area contributed by atoms with E-state index in [1.807, 2.05) is 0 Å². The summed E-state index contributed by atoms with van der Waals surface area (Å²) in [5.41, 5.74) is 3.99. The van der Waals surface area contributed by atoms with Crippen LogP contribution in [0.2, 0.25) is 0 Å². The third kappa shape index (κ3) is 1.95. The number of hydrogen-bond acceptors (Lipinski definition) is 2. The Labute approximate surface area is 109 Å². The van der Waals surface area contributed by atoms with E-state index in [4.69, 9.17) is 9.47 Å². The van der Waals surface area contributed by atoms with E-state index in [1.165, 1.54) is 16.7 Å². The van der Waals surface area contributed by atoms with Crippen molar-refractivity contribution >= 4 is 5.57 Å². The molecule has 1 aliphatic carbocycles. The summed E-state index contributed by atoms with van der Waals surface area (Å²) in [5.74, 6) is 1.08. The van der Waals surface area contributed by atoms with Gasteiger partial charge in [0.1, 0.15) is 11.9 Å². The van der Waals surface area contributed by atoms with Crippen LogP contribution in [0.1, 0.15) is 49.8 Å². The van der Waals surface area contributed by atoms with E-state index in [0.29, 0.717) is 0 Å². The van der Waals surface area contributed by atoms with Crippen molar-refractivity contribution < 1.29 is 9.47 Å². The zero-order valence-electron chi connectivity index (χ0n) is 10.9. The molecule has 1 unspecified atom stereocenters. The molecule has 2 aliphatic rings. The molecule has 0 spiro atoms. The molecule has 1 fully saturated rings. The van der Waals surface area contributed by atoms with Crippen molar-refractivity contribution in [2.45, 2.75) is 38.7 Å². The predicted octanol–water partition coefficient (Wildman–Crippen LogP) is 4.08. The first-order valence-electron chi connectivity index (χ1n) is 6.98. The molecule has 0 amide bonds. The van der Waals surface area contributed by atoms with Gasteiger partial charge in [0.2, 0.25) is 0 Å². The Hall–Kier alpha value is -1.28. The zero-order valence-corrected chi connectivity index (χ0v) is 10.9. The second-order valence-corrected chi connectivity index (χ2v) is 4.99. The van der Waals surface area contributed by atoms with Crippen LogP contribution in [-0.2, 0) is 9.47 Å². The maximum Gasteiger partial charge on any atom is 0.140 e. The van der Waals surface area contributed by atoms with Gasteiger partial charge in [-0.1, -0.05) is 37.6 Å². The van der Waals surface area contributed by atoms with Gasteiger partial charge in [-0.3, -0.25) is 0 Å². The second-order valence-electron chi connectivity index (χ2n) is 4.99. The summed E-state index contributed by atoms with van der Waals surface area (Å²) in [6.07, 6.45) is 4.44. The molecule has 0 aromatic heterocycles. The number of rotatable bonds is 2. The molecule has 1 atom stereocenters. The topological polar surface area (TPSA) is 18.5 Å². The molecule has 2 nitrogen and oxygen atoms in total. The van der Waals surface area contributed by atoms with Gasteiger partial charge in [0.25, 0.3) is 0 Å². The smallest absolute Gasteiger partial charge is 0.140 e. The molecule has 0 saturated carbocycles. The molecular formula is C16H20O2. The normalized spacial score (nSPS) is 22.8. The summed E-state index contributed by atoms with van der Waals surface area (Å²) in [6.45, 7) is 3.88. The Morgan fingerprint density at radius 2 is 2.00 bits per heavy atom. The molecule has 0 N–H and O–H groups in total. The number of fused-ring (bicyclic) bond motifs is 3. The highest BCUT2D eigenvalue weighted by atomic mass is 16.5. The average molecular weight is 244 g/mol. The molecule has 1 aromatic carbocycles. The molecule has 0 bridgehead atoms. The lowest BCUT2D eigenvalue weighted by atomic mass is 10.0. The molecule has 1 saturated heterocycles. The van der Waals surface area contributed by atoms with Crippen molar-refractivity contribution in [3.8, 4) is 0 Å². The van der Waals surface area contributed by atoms with Crippen LogP contribution in [0.5, 0.6) is 0 Å². The third-order valence-electron chi connectivity index (χ3n) is 3.68. The maximum atomic E-state index is 6.03. The lowest BCUT2D eigenvalue weighted by molar-refractivity contribution is 0.0100. The lowest BCUT2D eigenvalue weighted by Gasteiger charge is -2.21. The number of hydrogen-bond donors (Lipinski definition) is 0. The van der Waals surface area contributed by atoms with Crippen molar-refractivity contribution in [2.24, 2.45) is 0 Å². The van der Waals surface area contributed by atoms with Gasteiger partial charge in [0, 0.05) is 12.2 Å². The van der Waals surface area contributed by atoms with Gasteiger partial charge in [-0.05, 0) is 30.4 Å². The summed E-state index contributed by atoms with van der Waals surface area (Å²) in [5, 5.41) is 0. The van der Waals surface area contributed by atoms with Crippen molar-refractivity contribution in [2.75, 3.05) is 13.2 Å². The maximum absolute atomic E-state index is 6.03. The van der Waals surface area contributed by atoms with Gasteiger partial charge < -0.3 is 9.47 Å². The molecule has 1 heterocycles. The highest BCUT2D eigenvalue weighted by Crippen LogP contribution is 2.45. The fourth-order valence-electron chi connectivity index (χ4n) is 2.86. The minimum absolute atomic E-state index is 0.0445. The van der Waals surface area contributed by atoms with Gasteiger partial charge in [-0.25, -0.2) is 0 Å². The van der Waals surface area contributed by atoms with E-state index in [9.17, 15) is 0 Å². The van der Waals surface area contributed by atoms with E-state index >= 15 is 0 Å². The Bertz CT molecular complexity index is 462. The average Bonchev–Trinajstić information content (AvgIpc) is 2.63. The van der Waals surface area contributed by atoms with Gasteiger partial charge in [0.15, 0.2) is 0 Å². The van der Waals surface area contributed by atoms with Crippen LogP contribution >= 0.6 is 0 Å². The summed E-state index contributed by atoms with van der Waals surface area (Å²) < 4.78 is 12.0. The summed E-state index contributed by atoms with van der Waals surface area (Å²) in [6, 6.07) is 8.57. The highest BCUT2D eigenvalue weighted by Gasteiger charge is 2.33. The van der Waals surface area contributed by atoms with E-state index in [1.54, 1.807) is 0 Å². The van der Waals surface area contributed by atoms with E-state index in [-0.39, 0.29) is 6.10 Å². The quantitative estimate of drug-likeness (QED) is 0.780. The Kier molecular flexibility index (Phi) is 3.37. The minimum Gasteiger partial charge on any atom is -0.494 e. The van der Waals surface area contributed by atoms with Crippen LogP contribution in [0.15, 0.2) is 30.0 Å². The second kappa shape index (κ2) is 5.15. The molecule has 3 rings (SSSR count). The first kappa shape index (κ1) is 11.8. The monoisotopic (exact) mass is 244 g/mol. The van der Waals surface area contributed by atoms with Crippen LogP contribution in [-0.4, -0.2) is 13.2 Å². The Morgan fingerprint density at radius 3 is 2.89 bits per heavy atom. The molecule has 18 heavy (non-hydrogen) atoms. The van der Waals surface area contributed by atoms with Crippen molar-refractivity contribution in [3.05, 3.63) is 41.2 Å². The molecule has 96 valence electrons. The summed E-state index contributed by atoms with van der Waals surface area (Å²) in [7, 11) is 0. The van der Waals surface area contributed by atoms with Crippen molar-refractivity contribution in [3.63, 3.8) is 0 Å². The minimum atomic E-state index is 0.0445. The van der Waals surface area contributed by atoms with Crippen LogP contribution in [0, 0.1) is 0 Å². The number of ether oxygens (including phenoxy) is 2. The first-order valence-corrected chi connectivity index (χ1v) is 6.98. The molecule has 2 heteroatoms. The fourth-order valence-corrected chi connectivity index (χ4v) is 2.86. The lowest BCUT2D eigenvalue weighted by Crippen LogP contribution is -2.12. The molecule has 1 aliphatic heterocycles. The van der Waals surface area contributed by atoms with Gasteiger partial charge in [-0.2, -0.15) is 0 Å². The SMILES string of the molecule is CCCC1=C2OCCCCOC2c2ccccc21. The van der Waals surface area contributed by atoms with Gasteiger partial charge >= 0.3 is 0 Å². The van der Waals surface area contributed by atoms with Crippen LogP contribution < -0.4 is 0 Å². The van der Waals surface area contributed by atoms with Crippen LogP contribution in [0.3, 0.4) is 0 Å². The largest absolute Gasteiger partial charge is 0.494 e. The predicted molar refractivity (Wildman–Crippen MR) is 72.1 cm³/mol. The van der Waals surface area contributed by atoms with Crippen LogP contribution in [0.4, 0.5) is 0 Å². The number of allylic oxidation sites excluding steroid dienone is 1. The summed E-state index contributed by atoms with van der Waals surface area (Å²) in [4.78, 5) is 0. The molecule has 0 radical (unpaired) electrons. The zero-order chi connectivity index (χ0) is 12.4. The van der Waals surface area contributed by atoms with Gasteiger partial charge in [0.05, 0.1) is 6.61 Å². The van der Waals surface area contributed by atoms with Crippen LogP contribution in [0.25, 0.3) is 5.57 Å². The fraction of sp³-hybridized carbons (Fsp3) is 0.500. The Morgan fingerprint density at radius 1 is 1.17 bits per heavy atom. The van der Waals surface area contributed by atoms with Gasteiger partial charge in [-0.15, -0.1) is 0 Å². The first-order chi connectivity index (χ1) is 8.92. The Balaban J connectivity index is 2.03. The molecule has 1 aromatic rings. The standard InChI is InChI=1S/C16H20O2/c1-2-7-13-12-8-3-4-9-14(12)16-15(13)17-10-5-6-11-18-16/h3-4,8-9,16H,2,5-7,10-11H2,1H3. The van der Waals surface area contributed by atoms with Crippen molar-refractivity contribution in [1.82, 2.24) is 0 Å². The van der Waals surface area contributed by atoms with E-state index in [2.05, 4.69) is 31.2 Å². The highest BCUT2D eigenvalue weighted by molar-refractivity contribution is 5.76. The van der Waals surface area contributed by atoms with E-state index in [0.717, 1.165) is 44.7 Å². The third-order valence-corrected chi connectivity index (χ3v) is 3.68. The summed E-state index contributed by atoms with van der Waals surface area (Å²) >= 11 is 0.